The number of alkyl carbamates (subject to hydrolysis) is 1. The molecule has 0 aromatic carbocycles. The second-order valence-electron chi connectivity index (χ2n) is 2.28. The summed E-state index contributed by atoms with van der Waals surface area (Å²) in [5, 5.41) is 10.4. The molecule has 0 fully saturated rings. The standard InChI is InChI=1S/C7H11NO5/c1-13-7(12)8-4-5(9)2-3-6(10)11/h2-4H2,1H3,(H,8,12)(H,10,11). The van der Waals surface area contributed by atoms with Gasteiger partial charge in [-0.15, -0.1) is 0 Å². The minimum Gasteiger partial charge on any atom is -0.481 e. The number of carbonyl (C=O) groups is 3. The number of ketones is 1. The van der Waals surface area contributed by atoms with E-state index in [1.165, 1.54) is 7.11 Å². The number of hydrogen-bond acceptors (Lipinski definition) is 4. The maximum atomic E-state index is 10.8. The number of hydrogen-bond donors (Lipinski definition) is 2. The Labute approximate surface area is 74.9 Å². The van der Waals surface area contributed by atoms with Crippen LogP contribution in [0.1, 0.15) is 12.8 Å². The molecule has 0 saturated heterocycles. The van der Waals surface area contributed by atoms with Gasteiger partial charge in [0.2, 0.25) is 0 Å². The number of ether oxygens (including phenoxy) is 1. The average Bonchev–Trinajstić information content (AvgIpc) is 2.10. The molecule has 0 bridgehead atoms. The molecule has 0 aromatic heterocycles. The number of Topliss-reactive ketones (excluding diaryl/α,β-unsaturated/α-hetero) is 1. The first-order valence-electron chi connectivity index (χ1n) is 3.61. The summed E-state index contributed by atoms with van der Waals surface area (Å²) in [5.74, 6) is -1.38. The summed E-state index contributed by atoms with van der Waals surface area (Å²) in [7, 11) is 1.18. The van der Waals surface area contributed by atoms with Crippen molar-refractivity contribution in [3.05, 3.63) is 0 Å². The molecule has 0 spiro atoms. The topological polar surface area (TPSA) is 92.7 Å². The smallest absolute Gasteiger partial charge is 0.407 e. The highest BCUT2D eigenvalue weighted by atomic mass is 16.5. The molecule has 0 unspecified atom stereocenters. The minimum absolute atomic E-state index is 0.0840. The van der Waals surface area contributed by atoms with Crippen molar-refractivity contribution >= 4 is 17.8 Å². The van der Waals surface area contributed by atoms with Gasteiger partial charge in [-0.25, -0.2) is 4.79 Å². The third-order valence-corrected chi connectivity index (χ3v) is 1.23. The first-order chi connectivity index (χ1) is 6.06. The first kappa shape index (κ1) is 11.4. The Morgan fingerprint density at radius 1 is 1.31 bits per heavy atom. The van der Waals surface area contributed by atoms with Gasteiger partial charge in [0.15, 0.2) is 5.78 Å². The lowest BCUT2D eigenvalue weighted by Gasteiger charge is -2.01. The number of aliphatic carboxylic acids is 1. The highest BCUT2D eigenvalue weighted by Crippen LogP contribution is 1.89. The zero-order valence-electron chi connectivity index (χ0n) is 7.20. The maximum absolute atomic E-state index is 10.8. The van der Waals surface area contributed by atoms with E-state index in [1.54, 1.807) is 0 Å². The van der Waals surface area contributed by atoms with E-state index in [0.29, 0.717) is 0 Å². The summed E-state index contributed by atoms with van der Waals surface area (Å²) < 4.78 is 4.21. The van der Waals surface area contributed by atoms with Crippen molar-refractivity contribution in [2.75, 3.05) is 13.7 Å². The normalized spacial score (nSPS) is 9.00. The van der Waals surface area contributed by atoms with Gasteiger partial charge in [0.05, 0.1) is 20.1 Å². The molecule has 0 atom stereocenters. The van der Waals surface area contributed by atoms with Crippen LogP contribution in [-0.4, -0.2) is 36.6 Å². The van der Waals surface area contributed by atoms with Gasteiger partial charge in [0.25, 0.3) is 0 Å². The molecule has 2 N–H and O–H groups in total. The van der Waals surface area contributed by atoms with E-state index in [0.717, 1.165) is 0 Å². The van der Waals surface area contributed by atoms with Gasteiger partial charge in [0, 0.05) is 6.42 Å². The van der Waals surface area contributed by atoms with E-state index >= 15 is 0 Å². The van der Waals surface area contributed by atoms with Gasteiger partial charge in [0.1, 0.15) is 0 Å². The van der Waals surface area contributed by atoms with Crippen molar-refractivity contribution in [2.24, 2.45) is 0 Å². The number of carboxylic acids is 1. The van der Waals surface area contributed by atoms with Crippen molar-refractivity contribution in [2.45, 2.75) is 12.8 Å². The number of rotatable bonds is 5. The fourth-order valence-corrected chi connectivity index (χ4v) is 0.578. The molecule has 0 aromatic rings. The Balaban J connectivity index is 3.52. The van der Waals surface area contributed by atoms with E-state index in [2.05, 4.69) is 10.1 Å². The number of amides is 1. The quantitative estimate of drug-likeness (QED) is 0.623. The summed E-state index contributed by atoms with van der Waals surface area (Å²) in [6.07, 6.45) is -1.01. The lowest BCUT2D eigenvalue weighted by atomic mass is 10.2. The molecule has 0 heterocycles. The summed E-state index contributed by atoms with van der Waals surface area (Å²) in [6, 6.07) is 0. The molecule has 0 rings (SSSR count). The SMILES string of the molecule is COC(=O)NCC(=O)CCC(=O)O. The molecule has 6 nitrogen and oxygen atoms in total. The predicted molar refractivity (Wildman–Crippen MR) is 42.3 cm³/mol. The van der Waals surface area contributed by atoms with E-state index < -0.39 is 12.1 Å². The summed E-state index contributed by atoms with van der Waals surface area (Å²) in [4.78, 5) is 31.3. The van der Waals surface area contributed by atoms with Gasteiger partial charge in [-0.05, 0) is 0 Å². The summed E-state index contributed by atoms with van der Waals surface area (Å²) in [5.41, 5.74) is 0. The van der Waals surface area contributed by atoms with Gasteiger partial charge in [-0.3, -0.25) is 9.59 Å². The lowest BCUT2D eigenvalue weighted by Crippen LogP contribution is -2.29. The van der Waals surface area contributed by atoms with Crippen molar-refractivity contribution in [1.29, 1.82) is 0 Å². The Hall–Kier alpha value is -1.59. The number of carboxylic acid groups (broad SMARTS) is 1. The third kappa shape index (κ3) is 6.79. The van der Waals surface area contributed by atoms with E-state index in [1.807, 2.05) is 0 Å². The number of nitrogens with one attached hydrogen (secondary N) is 1. The highest BCUT2D eigenvalue weighted by molar-refractivity contribution is 5.86. The predicted octanol–water partition coefficient (Wildman–Crippen LogP) is -0.224. The van der Waals surface area contributed by atoms with Crippen molar-refractivity contribution < 1.29 is 24.2 Å². The maximum Gasteiger partial charge on any atom is 0.407 e. The van der Waals surface area contributed by atoms with Crippen LogP contribution in [0, 0.1) is 0 Å². The minimum atomic E-state index is -1.04. The molecule has 0 radical (unpaired) electrons. The molecular weight excluding hydrogens is 178 g/mol. The van der Waals surface area contributed by atoms with Crippen LogP contribution in [0.25, 0.3) is 0 Å². The van der Waals surface area contributed by atoms with Crippen LogP contribution in [0.2, 0.25) is 0 Å². The first-order valence-corrected chi connectivity index (χ1v) is 3.61. The third-order valence-electron chi connectivity index (χ3n) is 1.23. The fraction of sp³-hybridized carbons (Fsp3) is 0.571. The molecule has 0 aliphatic heterocycles. The molecular formula is C7H11NO5. The molecule has 0 aliphatic rings. The van der Waals surface area contributed by atoms with Gasteiger partial charge < -0.3 is 15.2 Å². The molecule has 74 valence electrons. The average molecular weight is 189 g/mol. The Morgan fingerprint density at radius 3 is 2.38 bits per heavy atom. The second-order valence-corrected chi connectivity index (χ2v) is 2.28. The zero-order chi connectivity index (χ0) is 10.3. The molecule has 0 aliphatic carbocycles. The molecule has 13 heavy (non-hydrogen) atoms. The molecule has 0 saturated carbocycles. The van der Waals surface area contributed by atoms with Gasteiger partial charge in [-0.1, -0.05) is 0 Å². The monoisotopic (exact) mass is 189 g/mol. The second kappa shape index (κ2) is 5.99. The van der Waals surface area contributed by atoms with Crippen molar-refractivity contribution in [3.8, 4) is 0 Å². The summed E-state index contributed by atoms with van der Waals surface area (Å²) in [6.45, 7) is -0.194. The van der Waals surface area contributed by atoms with Gasteiger partial charge in [-0.2, -0.15) is 0 Å². The van der Waals surface area contributed by atoms with Crippen LogP contribution in [0.4, 0.5) is 4.79 Å². The lowest BCUT2D eigenvalue weighted by molar-refractivity contribution is -0.138. The van der Waals surface area contributed by atoms with Crippen LogP contribution >= 0.6 is 0 Å². The van der Waals surface area contributed by atoms with Crippen molar-refractivity contribution in [3.63, 3.8) is 0 Å². The highest BCUT2D eigenvalue weighted by Gasteiger charge is 2.06. The summed E-state index contributed by atoms with van der Waals surface area (Å²) >= 11 is 0. The largest absolute Gasteiger partial charge is 0.481 e. The van der Waals surface area contributed by atoms with Gasteiger partial charge >= 0.3 is 12.1 Å². The van der Waals surface area contributed by atoms with Crippen LogP contribution in [0.15, 0.2) is 0 Å². The zero-order valence-corrected chi connectivity index (χ0v) is 7.20. The number of methoxy groups -OCH3 is 1. The van der Waals surface area contributed by atoms with E-state index in [-0.39, 0.29) is 25.2 Å². The molecule has 6 heteroatoms. The Bertz CT molecular complexity index is 213. The van der Waals surface area contributed by atoms with E-state index in [9.17, 15) is 14.4 Å². The van der Waals surface area contributed by atoms with E-state index in [4.69, 9.17) is 5.11 Å². The van der Waals surface area contributed by atoms with Crippen LogP contribution in [0.3, 0.4) is 0 Å². The van der Waals surface area contributed by atoms with Crippen LogP contribution < -0.4 is 5.32 Å². The molecule has 1 amide bonds. The van der Waals surface area contributed by atoms with Crippen LogP contribution in [-0.2, 0) is 14.3 Å². The van der Waals surface area contributed by atoms with Crippen LogP contribution in [0.5, 0.6) is 0 Å². The Kier molecular flexibility index (Phi) is 5.25. The van der Waals surface area contributed by atoms with Crippen molar-refractivity contribution in [1.82, 2.24) is 5.32 Å². The fourth-order valence-electron chi connectivity index (χ4n) is 0.578. The Morgan fingerprint density at radius 2 is 1.92 bits per heavy atom. The number of carbonyl (C=O) groups excluding carboxylic acids is 2.